The standard InChI is InChI=1S/C4H7FO2.FH/c5-3-1-2-4(6)7;/h1-3H2,(H,6,7);1H. The summed E-state index contributed by atoms with van der Waals surface area (Å²) in [5.41, 5.74) is 0. The molecule has 2 nitrogen and oxygen atoms in total. The van der Waals surface area contributed by atoms with Gasteiger partial charge in [-0.2, -0.15) is 0 Å². The van der Waals surface area contributed by atoms with E-state index in [9.17, 15) is 9.18 Å². The molecule has 0 saturated carbocycles. The van der Waals surface area contributed by atoms with Gasteiger partial charge in [0.1, 0.15) is 0 Å². The van der Waals surface area contributed by atoms with Gasteiger partial charge >= 0.3 is 5.97 Å². The summed E-state index contributed by atoms with van der Waals surface area (Å²) in [5.74, 6) is -0.933. The number of aliphatic carboxylic acids is 1. The van der Waals surface area contributed by atoms with Crippen LogP contribution in [0.1, 0.15) is 12.8 Å². The molecule has 0 bridgehead atoms. The van der Waals surface area contributed by atoms with Gasteiger partial charge in [-0.25, -0.2) is 0 Å². The third-order valence-electron chi connectivity index (χ3n) is 0.524. The average molecular weight is 126 g/mol. The molecule has 0 aromatic heterocycles. The first-order valence-corrected chi connectivity index (χ1v) is 2.05. The lowest BCUT2D eigenvalue weighted by Crippen LogP contribution is -1.93. The molecule has 0 aliphatic heterocycles. The molecular weight excluding hydrogens is 118 g/mol. The summed E-state index contributed by atoms with van der Waals surface area (Å²) in [6.07, 6.45) is 0.0752. The van der Waals surface area contributed by atoms with Crippen LogP contribution in [0.25, 0.3) is 0 Å². The number of hydrogen-bond acceptors (Lipinski definition) is 1. The lowest BCUT2D eigenvalue weighted by Gasteiger charge is -1.83. The van der Waals surface area contributed by atoms with Crippen LogP contribution in [-0.2, 0) is 4.79 Å². The van der Waals surface area contributed by atoms with Gasteiger partial charge in [0.05, 0.1) is 6.67 Å². The van der Waals surface area contributed by atoms with Gasteiger partial charge < -0.3 is 5.11 Å². The molecule has 1 N–H and O–H groups in total. The van der Waals surface area contributed by atoms with Gasteiger partial charge in [-0.15, -0.1) is 0 Å². The highest BCUT2D eigenvalue weighted by molar-refractivity contribution is 5.66. The normalized spacial score (nSPS) is 7.62. The molecule has 0 aliphatic carbocycles. The van der Waals surface area contributed by atoms with Crippen LogP contribution in [0, 0.1) is 0 Å². The van der Waals surface area contributed by atoms with Crippen LogP contribution in [0.4, 0.5) is 9.09 Å². The van der Waals surface area contributed by atoms with Crippen LogP contribution in [0.3, 0.4) is 0 Å². The molecule has 0 aliphatic rings. The van der Waals surface area contributed by atoms with Gasteiger partial charge in [0.25, 0.3) is 0 Å². The Hall–Kier alpha value is -0.670. The van der Waals surface area contributed by atoms with Crippen LogP contribution < -0.4 is 0 Å². The van der Waals surface area contributed by atoms with Gasteiger partial charge in [0.2, 0.25) is 0 Å². The van der Waals surface area contributed by atoms with Crippen LogP contribution in [-0.4, -0.2) is 17.8 Å². The van der Waals surface area contributed by atoms with Gasteiger partial charge in [0, 0.05) is 6.42 Å². The molecule has 0 heterocycles. The molecule has 0 amide bonds. The van der Waals surface area contributed by atoms with Gasteiger partial charge in [0.15, 0.2) is 0 Å². The molecule has 50 valence electrons. The van der Waals surface area contributed by atoms with Gasteiger partial charge in [-0.05, 0) is 6.42 Å². The summed E-state index contributed by atoms with van der Waals surface area (Å²) in [6, 6.07) is 0. The average Bonchev–Trinajstić information content (AvgIpc) is 1.61. The SMILES string of the molecule is F.O=C(O)CCCF. The third kappa shape index (κ3) is 9.01. The van der Waals surface area contributed by atoms with E-state index in [1.165, 1.54) is 0 Å². The molecule has 4 heteroatoms. The smallest absolute Gasteiger partial charge is 0.303 e. The number of carboxylic acid groups (broad SMARTS) is 1. The Morgan fingerprint density at radius 3 is 2.25 bits per heavy atom. The Balaban J connectivity index is 0. The molecule has 0 unspecified atom stereocenters. The van der Waals surface area contributed by atoms with E-state index in [1.807, 2.05) is 0 Å². The van der Waals surface area contributed by atoms with E-state index in [4.69, 9.17) is 5.11 Å². The van der Waals surface area contributed by atoms with E-state index in [0.29, 0.717) is 0 Å². The zero-order chi connectivity index (χ0) is 5.70. The van der Waals surface area contributed by atoms with E-state index in [2.05, 4.69) is 0 Å². The second-order valence-corrected chi connectivity index (χ2v) is 1.19. The highest BCUT2D eigenvalue weighted by atomic mass is 19.1. The van der Waals surface area contributed by atoms with Crippen molar-refractivity contribution in [3.63, 3.8) is 0 Å². The lowest BCUT2D eigenvalue weighted by molar-refractivity contribution is -0.137. The van der Waals surface area contributed by atoms with E-state index >= 15 is 0 Å². The maximum Gasteiger partial charge on any atom is 0.303 e. The molecule has 0 aromatic rings. The van der Waals surface area contributed by atoms with E-state index in [0.717, 1.165) is 0 Å². The fourth-order valence-corrected chi connectivity index (χ4v) is 0.218. The first-order valence-electron chi connectivity index (χ1n) is 2.05. The molecule has 8 heavy (non-hydrogen) atoms. The fourth-order valence-electron chi connectivity index (χ4n) is 0.218. The van der Waals surface area contributed by atoms with Crippen molar-refractivity contribution < 1.29 is 19.0 Å². The molecule has 0 radical (unpaired) electrons. The van der Waals surface area contributed by atoms with Gasteiger partial charge in [-0.3, -0.25) is 13.9 Å². The van der Waals surface area contributed by atoms with Crippen molar-refractivity contribution >= 4 is 5.97 Å². The van der Waals surface area contributed by atoms with Gasteiger partial charge in [-0.1, -0.05) is 0 Å². The Morgan fingerprint density at radius 2 is 2.12 bits per heavy atom. The zero-order valence-electron chi connectivity index (χ0n) is 4.26. The van der Waals surface area contributed by atoms with E-state index < -0.39 is 12.6 Å². The fraction of sp³-hybridized carbons (Fsp3) is 0.750. The molecule has 0 atom stereocenters. The minimum absolute atomic E-state index is 0. The summed E-state index contributed by atoms with van der Waals surface area (Å²) in [4.78, 5) is 9.59. The number of hydrogen-bond donors (Lipinski definition) is 1. The molecule has 0 rings (SSSR count). The molecule has 0 fully saturated rings. The van der Waals surface area contributed by atoms with Crippen LogP contribution in [0.5, 0.6) is 0 Å². The first-order chi connectivity index (χ1) is 3.27. The van der Waals surface area contributed by atoms with Crippen molar-refractivity contribution in [3.8, 4) is 0 Å². The van der Waals surface area contributed by atoms with Crippen molar-refractivity contribution in [1.29, 1.82) is 0 Å². The predicted octanol–water partition coefficient (Wildman–Crippen LogP) is 0.973. The number of halogens is 2. The van der Waals surface area contributed by atoms with Crippen molar-refractivity contribution in [2.45, 2.75) is 12.8 Å². The van der Waals surface area contributed by atoms with Crippen LogP contribution in [0.15, 0.2) is 0 Å². The monoisotopic (exact) mass is 126 g/mol. The topological polar surface area (TPSA) is 37.3 Å². The van der Waals surface area contributed by atoms with Crippen molar-refractivity contribution in [3.05, 3.63) is 0 Å². The highest BCUT2D eigenvalue weighted by Gasteiger charge is 1.92. The molecule has 0 spiro atoms. The summed E-state index contributed by atoms with van der Waals surface area (Å²) >= 11 is 0. The number of carbonyl (C=O) groups is 1. The number of rotatable bonds is 3. The number of carboxylic acids is 1. The van der Waals surface area contributed by atoms with Crippen molar-refractivity contribution in [2.75, 3.05) is 6.67 Å². The summed E-state index contributed by atoms with van der Waals surface area (Å²) in [6.45, 7) is -0.535. The summed E-state index contributed by atoms with van der Waals surface area (Å²) in [7, 11) is 0. The molecule has 0 saturated heterocycles. The van der Waals surface area contributed by atoms with E-state index in [1.54, 1.807) is 0 Å². The lowest BCUT2D eigenvalue weighted by atomic mass is 10.3. The molecular formula is C4H8F2O2. The van der Waals surface area contributed by atoms with Crippen molar-refractivity contribution in [2.24, 2.45) is 0 Å². The van der Waals surface area contributed by atoms with Crippen LogP contribution >= 0.6 is 0 Å². The molecule has 0 aromatic carbocycles. The van der Waals surface area contributed by atoms with E-state index in [-0.39, 0.29) is 17.5 Å². The predicted molar refractivity (Wildman–Crippen MR) is 25.3 cm³/mol. The minimum Gasteiger partial charge on any atom is -0.481 e. The van der Waals surface area contributed by atoms with Crippen LogP contribution in [0.2, 0.25) is 0 Å². The highest BCUT2D eigenvalue weighted by Crippen LogP contribution is 1.86. The minimum atomic E-state index is -0.933. The summed E-state index contributed by atoms with van der Waals surface area (Å²) < 4.78 is 11.1. The second kappa shape index (κ2) is 6.33. The Labute approximate surface area is 45.7 Å². The first kappa shape index (κ1) is 10.3. The second-order valence-electron chi connectivity index (χ2n) is 1.19. The Morgan fingerprint density at radius 1 is 1.62 bits per heavy atom. The maximum absolute atomic E-state index is 11.1. The Kier molecular flexibility index (Phi) is 8.18. The summed E-state index contributed by atoms with van der Waals surface area (Å²) in [5, 5.41) is 7.88. The Bertz CT molecular complexity index is 65.1. The van der Waals surface area contributed by atoms with Crippen molar-refractivity contribution in [1.82, 2.24) is 0 Å². The third-order valence-corrected chi connectivity index (χ3v) is 0.524. The largest absolute Gasteiger partial charge is 0.481 e. The maximum atomic E-state index is 11.1. The zero-order valence-corrected chi connectivity index (χ0v) is 4.26. The number of alkyl halides is 1. The quantitative estimate of drug-likeness (QED) is 0.611.